The number of amides is 2. The molecular formula is C8H14N2O5S. The molecule has 0 saturated heterocycles. The molecule has 0 heterocycles. The molecule has 8 heteroatoms. The van der Waals surface area contributed by atoms with Crippen molar-refractivity contribution in [2.24, 2.45) is 0 Å². The van der Waals surface area contributed by atoms with Gasteiger partial charge in [0.25, 0.3) is 0 Å². The summed E-state index contributed by atoms with van der Waals surface area (Å²) in [6.07, 6.45) is 0. The highest BCUT2D eigenvalue weighted by molar-refractivity contribution is 7.85. The second-order valence-electron chi connectivity index (χ2n) is 3.02. The van der Waals surface area contributed by atoms with Crippen molar-refractivity contribution in [3.05, 3.63) is 0 Å². The van der Waals surface area contributed by atoms with E-state index in [1.165, 1.54) is 7.05 Å². The molecule has 0 aromatic carbocycles. The Kier molecular flexibility index (Phi) is 6.31. The first-order chi connectivity index (χ1) is 7.36. The fourth-order valence-electron chi connectivity index (χ4n) is 0.883. The van der Waals surface area contributed by atoms with Gasteiger partial charge in [0, 0.05) is 24.8 Å². The second kappa shape index (κ2) is 6.94. The van der Waals surface area contributed by atoms with Gasteiger partial charge in [-0.15, -0.1) is 0 Å². The molecule has 0 aliphatic carbocycles. The fourth-order valence-corrected chi connectivity index (χ4v) is 2.04. The summed E-state index contributed by atoms with van der Waals surface area (Å²) in [6, 6.07) is -1.23. The Labute approximate surface area is 95.0 Å². The van der Waals surface area contributed by atoms with Gasteiger partial charge in [-0.2, -0.15) is 0 Å². The van der Waals surface area contributed by atoms with Gasteiger partial charge in [0.05, 0.1) is 5.75 Å². The number of carboxylic acids is 1. The maximum Gasteiger partial charge on any atom is 0.327 e. The SMILES string of the molecule is CNC(=O)CS(=O)CC(NC(C)=O)C(=O)O. The number of carbonyl (C=O) groups is 3. The Morgan fingerprint density at radius 2 is 1.94 bits per heavy atom. The lowest BCUT2D eigenvalue weighted by Crippen LogP contribution is -2.44. The third-order valence-corrected chi connectivity index (χ3v) is 2.89. The number of nitrogens with one attached hydrogen (secondary N) is 2. The smallest absolute Gasteiger partial charge is 0.327 e. The topological polar surface area (TPSA) is 113 Å². The molecule has 0 aliphatic heterocycles. The van der Waals surface area contributed by atoms with Crippen molar-refractivity contribution in [3.63, 3.8) is 0 Å². The number of hydrogen-bond donors (Lipinski definition) is 3. The van der Waals surface area contributed by atoms with Crippen molar-refractivity contribution >= 4 is 28.6 Å². The second-order valence-corrected chi connectivity index (χ2v) is 4.52. The summed E-state index contributed by atoms with van der Waals surface area (Å²) < 4.78 is 11.3. The summed E-state index contributed by atoms with van der Waals surface area (Å²) >= 11 is 0. The zero-order valence-electron chi connectivity index (χ0n) is 8.98. The van der Waals surface area contributed by atoms with Gasteiger partial charge in [0.2, 0.25) is 11.8 Å². The highest BCUT2D eigenvalue weighted by Gasteiger charge is 2.22. The first kappa shape index (κ1) is 14.6. The van der Waals surface area contributed by atoms with Crippen LogP contribution in [0.25, 0.3) is 0 Å². The molecule has 0 aromatic heterocycles. The van der Waals surface area contributed by atoms with Crippen LogP contribution in [0.4, 0.5) is 0 Å². The standard InChI is InChI=1S/C8H14N2O5S/c1-5(11)10-6(8(13)14)3-16(15)4-7(12)9-2/h6H,3-4H2,1-2H3,(H,9,12)(H,10,11)(H,13,14). The largest absolute Gasteiger partial charge is 0.480 e. The Morgan fingerprint density at radius 1 is 1.38 bits per heavy atom. The molecular weight excluding hydrogens is 236 g/mol. The van der Waals surface area contributed by atoms with Crippen LogP contribution in [0.15, 0.2) is 0 Å². The number of aliphatic carboxylic acids is 1. The zero-order chi connectivity index (χ0) is 12.7. The van der Waals surface area contributed by atoms with Gasteiger partial charge >= 0.3 is 5.97 Å². The average molecular weight is 250 g/mol. The Hall–Kier alpha value is -1.44. The normalized spacial score (nSPS) is 13.6. The van der Waals surface area contributed by atoms with Crippen LogP contribution in [0.5, 0.6) is 0 Å². The average Bonchev–Trinajstić information content (AvgIpc) is 2.15. The van der Waals surface area contributed by atoms with Crippen molar-refractivity contribution in [2.75, 3.05) is 18.6 Å². The fraction of sp³-hybridized carbons (Fsp3) is 0.625. The first-order valence-electron chi connectivity index (χ1n) is 4.42. The summed E-state index contributed by atoms with van der Waals surface area (Å²) in [5, 5.41) is 13.1. The van der Waals surface area contributed by atoms with Crippen LogP contribution >= 0.6 is 0 Å². The first-order valence-corrected chi connectivity index (χ1v) is 5.91. The summed E-state index contributed by atoms with van der Waals surface area (Å²) in [7, 11) is -0.234. The molecule has 0 radical (unpaired) electrons. The van der Waals surface area contributed by atoms with E-state index in [2.05, 4.69) is 10.6 Å². The van der Waals surface area contributed by atoms with E-state index in [1.54, 1.807) is 0 Å². The van der Waals surface area contributed by atoms with E-state index in [1.807, 2.05) is 0 Å². The van der Waals surface area contributed by atoms with Crippen molar-refractivity contribution in [2.45, 2.75) is 13.0 Å². The lowest BCUT2D eigenvalue weighted by atomic mass is 10.3. The molecule has 16 heavy (non-hydrogen) atoms. The lowest BCUT2D eigenvalue weighted by Gasteiger charge is -2.12. The molecule has 92 valence electrons. The third-order valence-electron chi connectivity index (χ3n) is 1.60. The van der Waals surface area contributed by atoms with Crippen LogP contribution in [0.1, 0.15) is 6.92 Å². The van der Waals surface area contributed by atoms with Crippen LogP contribution in [-0.2, 0) is 25.2 Å². The van der Waals surface area contributed by atoms with Crippen LogP contribution in [0, 0.1) is 0 Å². The number of rotatable bonds is 6. The molecule has 0 bridgehead atoms. The maximum atomic E-state index is 11.3. The van der Waals surface area contributed by atoms with E-state index < -0.39 is 34.6 Å². The molecule has 0 rings (SSSR count). The maximum absolute atomic E-state index is 11.3. The minimum atomic E-state index is -1.62. The Morgan fingerprint density at radius 3 is 2.31 bits per heavy atom. The molecule has 2 unspecified atom stereocenters. The number of hydrogen-bond acceptors (Lipinski definition) is 4. The summed E-state index contributed by atoms with van der Waals surface area (Å²) in [6.45, 7) is 1.16. The summed E-state index contributed by atoms with van der Waals surface area (Å²) in [4.78, 5) is 32.2. The van der Waals surface area contributed by atoms with E-state index >= 15 is 0 Å². The third kappa shape index (κ3) is 6.12. The Bertz CT molecular complexity index is 318. The van der Waals surface area contributed by atoms with E-state index in [0.29, 0.717) is 0 Å². The van der Waals surface area contributed by atoms with Crippen molar-refractivity contribution in [1.82, 2.24) is 10.6 Å². The van der Waals surface area contributed by atoms with Gasteiger partial charge in [-0.05, 0) is 0 Å². The van der Waals surface area contributed by atoms with E-state index in [0.717, 1.165) is 6.92 Å². The molecule has 3 N–H and O–H groups in total. The quantitative estimate of drug-likeness (QED) is 0.508. The minimum absolute atomic E-state index is 0.278. The van der Waals surface area contributed by atoms with Crippen molar-refractivity contribution in [1.29, 1.82) is 0 Å². The molecule has 2 atom stereocenters. The van der Waals surface area contributed by atoms with Gasteiger partial charge in [-0.1, -0.05) is 0 Å². The van der Waals surface area contributed by atoms with E-state index in [-0.39, 0.29) is 11.5 Å². The molecule has 0 fully saturated rings. The monoisotopic (exact) mass is 250 g/mol. The van der Waals surface area contributed by atoms with Crippen LogP contribution in [0.2, 0.25) is 0 Å². The van der Waals surface area contributed by atoms with Gasteiger partial charge in [0.1, 0.15) is 11.8 Å². The van der Waals surface area contributed by atoms with Gasteiger partial charge < -0.3 is 15.7 Å². The molecule has 0 saturated carbocycles. The van der Waals surface area contributed by atoms with Crippen LogP contribution < -0.4 is 10.6 Å². The van der Waals surface area contributed by atoms with Gasteiger partial charge in [-0.3, -0.25) is 13.8 Å². The predicted molar refractivity (Wildman–Crippen MR) is 57.2 cm³/mol. The minimum Gasteiger partial charge on any atom is -0.480 e. The van der Waals surface area contributed by atoms with Gasteiger partial charge in [0.15, 0.2) is 0 Å². The van der Waals surface area contributed by atoms with E-state index in [9.17, 15) is 18.6 Å². The van der Waals surface area contributed by atoms with Crippen LogP contribution in [0.3, 0.4) is 0 Å². The highest BCUT2D eigenvalue weighted by Crippen LogP contribution is 1.91. The zero-order valence-corrected chi connectivity index (χ0v) is 9.80. The molecule has 0 aliphatic rings. The van der Waals surface area contributed by atoms with Crippen molar-refractivity contribution in [3.8, 4) is 0 Å². The number of carbonyl (C=O) groups excluding carboxylic acids is 2. The van der Waals surface area contributed by atoms with Crippen LogP contribution in [-0.4, -0.2) is 51.7 Å². The summed E-state index contributed by atoms with van der Waals surface area (Å²) in [5.41, 5.74) is 0. The predicted octanol–water partition coefficient (Wildman–Crippen LogP) is -1.93. The lowest BCUT2D eigenvalue weighted by molar-refractivity contribution is -0.140. The van der Waals surface area contributed by atoms with E-state index in [4.69, 9.17) is 5.11 Å². The highest BCUT2D eigenvalue weighted by atomic mass is 32.2. The number of carboxylic acid groups (broad SMARTS) is 1. The molecule has 0 aromatic rings. The molecule has 2 amide bonds. The Balaban J connectivity index is 4.29. The van der Waals surface area contributed by atoms with Crippen molar-refractivity contribution < 1.29 is 23.7 Å². The molecule has 0 spiro atoms. The van der Waals surface area contributed by atoms with Gasteiger partial charge in [-0.25, -0.2) is 4.79 Å². The molecule has 7 nitrogen and oxygen atoms in total. The summed E-state index contributed by atoms with van der Waals surface area (Å²) in [5.74, 6) is -2.81.